The SMILES string of the molecule is CC(C)(C)NC(=O)CNCC1(C2CC2)CC1. The minimum Gasteiger partial charge on any atom is -0.350 e. The Kier molecular flexibility index (Phi) is 2.99. The van der Waals surface area contributed by atoms with Crippen LogP contribution < -0.4 is 10.6 Å². The Morgan fingerprint density at radius 2 is 1.94 bits per heavy atom. The van der Waals surface area contributed by atoms with Gasteiger partial charge in [-0.1, -0.05) is 0 Å². The Morgan fingerprint density at radius 1 is 1.31 bits per heavy atom. The third-order valence-electron chi connectivity index (χ3n) is 3.61. The molecule has 0 spiro atoms. The zero-order chi connectivity index (χ0) is 11.8. The lowest BCUT2D eigenvalue weighted by Crippen LogP contribution is -2.45. The van der Waals surface area contributed by atoms with Crippen LogP contribution in [0.1, 0.15) is 46.5 Å². The summed E-state index contributed by atoms with van der Waals surface area (Å²) in [6.45, 7) is 7.54. The van der Waals surface area contributed by atoms with Gasteiger partial charge < -0.3 is 10.6 Å². The molecule has 2 aliphatic rings. The summed E-state index contributed by atoms with van der Waals surface area (Å²) in [7, 11) is 0. The molecule has 3 heteroatoms. The van der Waals surface area contributed by atoms with E-state index in [9.17, 15) is 4.79 Å². The van der Waals surface area contributed by atoms with E-state index in [2.05, 4.69) is 10.6 Å². The molecule has 0 unspecified atom stereocenters. The van der Waals surface area contributed by atoms with Gasteiger partial charge in [-0.15, -0.1) is 0 Å². The number of amides is 1. The molecule has 2 fully saturated rings. The first-order valence-corrected chi connectivity index (χ1v) is 6.43. The van der Waals surface area contributed by atoms with Gasteiger partial charge in [0.2, 0.25) is 5.91 Å². The topological polar surface area (TPSA) is 41.1 Å². The molecule has 1 amide bonds. The van der Waals surface area contributed by atoms with Crippen LogP contribution in [0, 0.1) is 11.3 Å². The van der Waals surface area contributed by atoms with Gasteiger partial charge in [0.25, 0.3) is 0 Å². The molecule has 0 radical (unpaired) electrons. The molecule has 92 valence electrons. The maximum absolute atomic E-state index is 11.6. The molecule has 0 aromatic heterocycles. The molecule has 2 N–H and O–H groups in total. The minimum absolute atomic E-state index is 0.110. The number of nitrogens with one attached hydrogen (secondary N) is 2. The normalized spacial score (nSPS) is 22.9. The van der Waals surface area contributed by atoms with E-state index < -0.39 is 0 Å². The molecule has 2 saturated carbocycles. The van der Waals surface area contributed by atoms with Crippen LogP contribution in [0.15, 0.2) is 0 Å². The summed E-state index contributed by atoms with van der Waals surface area (Å²) in [6.07, 6.45) is 5.56. The minimum atomic E-state index is -0.119. The molecule has 0 bridgehead atoms. The molecule has 2 rings (SSSR count). The van der Waals surface area contributed by atoms with Crippen molar-refractivity contribution in [3.05, 3.63) is 0 Å². The second kappa shape index (κ2) is 4.02. The van der Waals surface area contributed by atoms with Gasteiger partial charge >= 0.3 is 0 Å². The van der Waals surface area contributed by atoms with Crippen LogP contribution in [-0.2, 0) is 4.79 Å². The summed E-state index contributed by atoms with van der Waals surface area (Å²) >= 11 is 0. The fraction of sp³-hybridized carbons (Fsp3) is 0.923. The summed E-state index contributed by atoms with van der Waals surface area (Å²) in [5.74, 6) is 1.07. The lowest BCUT2D eigenvalue weighted by Gasteiger charge is -2.21. The molecule has 2 aliphatic carbocycles. The predicted octanol–water partition coefficient (Wildman–Crippen LogP) is 1.68. The molecular weight excluding hydrogens is 200 g/mol. The van der Waals surface area contributed by atoms with Crippen molar-refractivity contribution in [1.82, 2.24) is 10.6 Å². The van der Waals surface area contributed by atoms with Crippen LogP contribution in [-0.4, -0.2) is 24.5 Å². The van der Waals surface area contributed by atoms with Gasteiger partial charge in [-0.3, -0.25) is 4.79 Å². The van der Waals surface area contributed by atoms with Crippen molar-refractivity contribution in [1.29, 1.82) is 0 Å². The molecule has 0 aliphatic heterocycles. The van der Waals surface area contributed by atoms with Gasteiger partial charge in [0, 0.05) is 12.1 Å². The van der Waals surface area contributed by atoms with Gasteiger partial charge in [0.1, 0.15) is 0 Å². The van der Waals surface area contributed by atoms with Crippen LogP contribution in [0.4, 0.5) is 0 Å². The van der Waals surface area contributed by atoms with E-state index in [1.54, 1.807) is 0 Å². The largest absolute Gasteiger partial charge is 0.350 e. The zero-order valence-electron chi connectivity index (χ0n) is 10.7. The van der Waals surface area contributed by atoms with Gasteiger partial charge in [0.15, 0.2) is 0 Å². The number of carbonyl (C=O) groups excluding carboxylic acids is 1. The maximum Gasteiger partial charge on any atom is 0.234 e. The van der Waals surface area contributed by atoms with Gasteiger partial charge in [-0.2, -0.15) is 0 Å². The van der Waals surface area contributed by atoms with Crippen LogP contribution in [0.3, 0.4) is 0 Å². The van der Waals surface area contributed by atoms with Crippen molar-refractivity contribution in [2.24, 2.45) is 11.3 Å². The summed E-state index contributed by atoms with van der Waals surface area (Å²) < 4.78 is 0. The lowest BCUT2D eigenvalue weighted by atomic mass is 10.0. The third-order valence-corrected chi connectivity index (χ3v) is 3.61. The van der Waals surface area contributed by atoms with Gasteiger partial charge in [0.05, 0.1) is 6.54 Å². The fourth-order valence-corrected chi connectivity index (χ4v) is 2.47. The highest BCUT2D eigenvalue weighted by Gasteiger charge is 2.53. The summed E-state index contributed by atoms with van der Waals surface area (Å²) in [5.41, 5.74) is 0.467. The van der Waals surface area contributed by atoms with E-state index in [1.165, 1.54) is 25.7 Å². The van der Waals surface area contributed by atoms with Crippen LogP contribution >= 0.6 is 0 Å². The highest BCUT2D eigenvalue weighted by Crippen LogP contribution is 2.60. The molecule has 0 saturated heterocycles. The average molecular weight is 224 g/mol. The second-order valence-electron chi connectivity index (χ2n) is 6.54. The number of carbonyl (C=O) groups is 1. The molecule has 16 heavy (non-hydrogen) atoms. The molecule has 3 nitrogen and oxygen atoms in total. The Balaban J connectivity index is 1.63. The van der Waals surface area contributed by atoms with E-state index in [-0.39, 0.29) is 11.4 Å². The molecule has 0 aromatic rings. The van der Waals surface area contributed by atoms with Crippen molar-refractivity contribution < 1.29 is 4.79 Å². The van der Waals surface area contributed by atoms with E-state index >= 15 is 0 Å². The monoisotopic (exact) mass is 224 g/mol. The fourth-order valence-electron chi connectivity index (χ4n) is 2.47. The zero-order valence-corrected chi connectivity index (χ0v) is 10.7. The van der Waals surface area contributed by atoms with E-state index in [0.717, 1.165) is 12.5 Å². The van der Waals surface area contributed by atoms with E-state index in [0.29, 0.717) is 12.0 Å². The third kappa shape index (κ3) is 3.21. The van der Waals surface area contributed by atoms with Gasteiger partial charge in [-0.25, -0.2) is 0 Å². The average Bonchev–Trinajstić information content (AvgIpc) is 2.96. The van der Waals surface area contributed by atoms with Gasteiger partial charge in [-0.05, 0) is 57.8 Å². The standard InChI is InChI=1S/C13H24N2O/c1-12(2,3)15-11(16)8-14-9-13(6-7-13)10-4-5-10/h10,14H,4-9H2,1-3H3,(H,15,16). The summed E-state index contributed by atoms with van der Waals surface area (Å²) in [4.78, 5) is 11.6. The number of hydrogen-bond acceptors (Lipinski definition) is 2. The van der Waals surface area contributed by atoms with Crippen molar-refractivity contribution >= 4 is 5.91 Å². The number of rotatable bonds is 5. The Bertz CT molecular complexity index is 272. The van der Waals surface area contributed by atoms with E-state index in [1.807, 2.05) is 20.8 Å². The van der Waals surface area contributed by atoms with Crippen molar-refractivity contribution in [2.45, 2.75) is 52.0 Å². The predicted molar refractivity (Wildman–Crippen MR) is 65.2 cm³/mol. The molecule has 0 heterocycles. The highest BCUT2D eigenvalue weighted by atomic mass is 16.2. The molecule has 0 aromatic carbocycles. The molecule has 0 atom stereocenters. The number of hydrogen-bond donors (Lipinski definition) is 2. The summed E-state index contributed by atoms with van der Waals surface area (Å²) in [6, 6.07) is 0. The Hall–Kier alpha value is -0.570. The van der Waals surface area contributed by atoms with Crippen LogP contribution in [0.2, 0.25) is 0 Å². The van der Waals surface area contributed by atoms with Crippen molar-refractivity contribution in [2.75, 3.05) is 13.1 Å². The van der Waals surface area contributed by atoms with Crippen LogP contribution in [0.5, 0.6) is 0 Å². The maximum atomic E-state index is 11.6. The first kappa shape index (κ1) is 11.9. The highest BCUT2D eigenvalue weighted by molar-refractivity contribution is 5.78. The molecular formula is C13H24N2O. The van der Waals surface area contributed by atoms with E-state index in [4.69, 9.17) is 0 Å². The first-order valence-electron chi connectivity index (χ1n) is 6.43. The first-order chi connectivity index (χ1) is 7.41. The Labute approximate surface area is 98.4 Å². The smallest absolute Gasteiger partial charge is 0.234 e. The van der Waals surface area contributed by atoms with Crippen molar-refractivity contribution in [3.63, 3.8) is 0 Å². The lowest BCUT2D eigenvalue weighted by molar-refractivity contribution is -0.121. The second-order valence-corrected chi connectivity index (χ2v) is 6.54. The summed E-state index contributed by atoms with van der Waals surface area (Å²) in [5, 5.41) is 6.29. The Morgan fingerprint density at radius 3 is 2.38 bits per heavy atom. The quantitative estimate of drug-likeness (QED) is 0.746. The van der Waals surface area contributed by atoms with Crippen LogP contribution in [0.25, 0.3) is 0 Å². The van der Waals surface area contributed by atoms with Crippen molar-refractivity contribution in [3.8, 4) is 0 Å².